The Balaban J connectivity index is 1.30. The van der Waals surface area contributed by atoms with Crippen LogP contribution in [0, 0.1) is 0 Å². The molecule has 6 saturated heterocycles. The molecule has 75 heavy (non-hydrogen) atoms. The summed E-state index contributed by atoms with van der Waals surface area (Å²) in [5, 5.41) is 204. The number of ether oxygens (including phenoxy) is 12. The molecule has 31 atom stereocenters. The third kappa shape index (κ3) is 13.5. The zero-order valence-corrected chi connectivity index (χ0v) is 39.9. The quantitative estimate of drug-likeness (QED) is 0.0534. The van der Waals surface area contributed by atoms with Crippen molar-refractivity contribution in [1.29, 1.82) is 0 Å². The van der Waals surface area contributed by atoms with E-state index in [4.69, 9.17) is 56.8 Å². The number of aliphatic hydroxyl groups is 19. The molecule has 0 aromatic carbocycles. The van der Waals surface area contributed by atoms with Gasteiger partial charge in [0, 0.05) is 6.92 Å². The first-order valence-electron chi connectivity index (χ1n) is 23.6. The van der Waals surface area contributed by atoms with Crippen LogP contribution >= 0.6 is 0 Å². The number of nitrogens with one attached hydrogen (secondary N) is 1. The molecule has 0 saturated carbocycles. The van der Waals surface area contributed by atoms with Gasteiger partial charge in [-0.3, -0.25) is 4.79 Å². The van der Waals surface area contributed by atoms with Crippen molar-refractivity contribution >= 4 is 11.9 Å². The van der Waals surface area contributed by atoms with E-state index in [0.29, 0.717) is 0 Å². The fourth-order valence-electron chi connectivity index (χ4n) is 9.17. The van der Waals surface area contributed by atoms with Gasteiger partial charge in [0.25, 0.3) is 0 Å². The van der Waals surface area contributed by atoms with Crippen LogP contribution in [-0.2, 0) is 66.4 Å². The van der Waals surface area contributed by atoms with Crippen LogP contribution < -0.4 is 5.32 Å². The lowest BCUT2D eigenvalue weighted by atomic mass is 9.94. The summed E-state index contributed by atoms with van der Waals surface area (Å²) in [5.41, 5.74) is 0. The van der Waals surface area contributed by atoms with Crippen molar-refractivity contribution < 1.29 is 163 Å². The maximum Gasteiger partial charge on any atom is 0.335 e. The average molecular weight is 1100 g/mol. The van der Waals surface area contributed by atoms with Crippen LogP contribution in [0.2, 0.25) is 0 Å². The molecule has 34 nitrogen and oxygen atoms in total. The summed E-state index contributed by atoms with van der Waals surface area (Å²) in [4.78, 5) is 25.2. The summed E-state index contributed by atoms with van der Waals surface area (Å²) >= 11 is 0. The standard InChI is InChI=1S/C41H69NO33/c1-9(48)35(62)71-33-19(51)12(4-44)67-40(28(33)60)74-32-16(8-64-38-27(59)24(56)31(15(7-47)69-38)72-39-26(58)22(54)18(50)11(3-43)66-39)70-37(17(21(32)53)42-10(2)49)75-34-20(52)13(5-45)68-41(29(34)61)73-30-14(6-46)65-36(63)25(57)23(30)55/h9,11-34,36-41,43-48,50-61,63H,3-8H2,1-2H3,(H,42,49)/t9-,11+,12+,13+,14+,15+,16+,17+,18-,19-,20-,21+,22-,23+,24+,25+,26+,27+,28+,29+,30+,31+,32+,33-,34-,36+,37-,38+,39-,40-,41-/m0/s1. The fourth-order valence-corrected chi connectivity index (χ4v) is 9.17. The van der Waals surface area contributed by atoms with E-state index >= 15 is 0 Å². The Morgan fingerprint density at radius 3 is 1.33 bits per heavy atom. The topological polar surface area (TPSA) is 541 Å². The molecule has 6 fully saturated rings. The minimum absolute atomic E-state index is 0.872. The number of hydrogen-bond donors (Lipinski definition) is 20. The van der Waals surface area contributed by atoms with E-state index in [9.17, 15) is 107 Å². The number of carbonyl (C=O) groups is 2. The van der Waals surface area contributed by atoms with Crippen LogP contribution in [-0.4, -0.2) is 339 Å². The van der Waals surface area contributed by atoms with E-state index in [-0.39, 0.29) is 0 Å². The maximum absolute atomic E-state index is 12.8. The Morgan fingerprint density at radius 1 is 0.427 bits per heavy atom. The van der Waals surface area contributed by atoms with Crippen LogP contribution in [0.3, 0.4) is 0 Å². The highest BCUT2D eigenvalue weighted by molar-refractivity contribution is 5.74. The van der Waals surface area contributed by atoms with Crippen molar-refractivity contribution in [3.63, 3.8) is 0 Å². The van der Waals surface area contributed by atoms with Gasteiger partial charge < -0.3 is 159 Å². The molecule has 0 unspecified atom stereocenters. The molecule has 1 amide bonds. The lowest BCUT2D eigenvalue weighted by Crippen LogP contribution is -2.70. The van der Waals surface area contributed by atoms with E-state index in [1.54, 1.807) is 0 Å². The summed E-state index contributed by atoms with van der Waals surface area (Å²) in [6.45, 7) is -3.94. The first-order chi connectivity index (χ1) is 35.4. The predicted octanol–water partition coefficient (Wildman–Crippen LogP) is -14.0. The SMILES string of the molecule is CC(=O)N[C@H]1[C@H](O[C@H]2[C@@H](O)[C@@H](CO)O[C@@H](O[C@H]3[C@H](O)[C@@H](O)[C@H](O)O[C@@H]3CO)[C@@H]2O)O[C@H](CO[C@@H]2O[C@H](CO)[C@@H](O[C@@H]3O[C@H](CO)[C@H](O)[C@H](O)[C@H]3O)[C@H](O)[C@H]2O)[C@@H](O[C@@H]2O[C@H](CO)[C@H](O)[C@H](OC(=O)[C@H](C)O)[C@H]2O)[C@@H]1O. The van der Waals surface area contributed by atoms with Gasteiger partial charge in [0.1, 0.15) is 146 Å². The Labute approximate surface area is 424 Å². The van der Waals surface area contributed by atoms with Crippen LogP contribution in [0.1, 0.15) is 13.8 Å². The van der Waals surface area contributed by atoms with Gasteiger partial charge in [0.2, 0.25) is 5.91 Å². The van der Waals surface area contributed by atoms with E-state index in [1.807, 2.05) is 0 Å². The first-order valence-corrected chi connectivity index (χ1v) is 23.6. The second-order valence-electron chi connectivity index (χ2n) is 18.6. The molecule has 34 heteroatoms. The number of amides is 1. The van der Waals surface area contributed by atoms with Crippen LogP contribution in [0.5, 0.6) is 0 Å². The van der Waals surface area contributed by atoms with Crippen molar-refractivity contribution in [2.45, 2.75) is 204 Å². The maximum atomic E-state index is 12.8. The van der Waals surface area contributed by atoms with Crippen molar-refractivity contribution in [2.24, 2.45) is 0 Å². The minimum Gasteiger partial charge on any atom is -0.455 e. The van der Waals surface area contributed by atoms with Crippen LogP contribution in [0.25, 0.3) is 0 Å². The van der Waals surface area contributed by atoms with Crippen molar-refractivity contribution in [3.8, 4) is 0 Å². The number of aliphatic hydroxyl groups excluding tert-OH is 19. The third-order valence-corrected chi connectivity index (χ3v) is 13.4. The lowest BCUT2D eigenvalue weighted by molar-refractivity contribution is -0.385. The Hall–Kier alpha value is -2.26. The highest BCUT2D eigenvalue weighted by Crippen LogP contribution is 2.36. The highest BCUT2D eigenvalue weighted by atomic mass is 16.8. The van der Waals surface area contributed by atoms with Gasteiger partial charge in [-0.1, -0.05) is 0 Å². The third-order valence-electron chi connectivity index (χ3n) is 13.4. The Bertz CT molecular complexity index is 1790. The molecule has 6 aliphatic heterocycles. The zero-order chi connectivity index (χ0) is 55.5. The molecular formula is C41H69NO33. The van der Waals surface area contributed by atoms with Crippen LogP contribution in [0.15, 0.2) is 0 Å². The molecule has 0 aliphatic carbocycles. The molecule has 6 aliphatic rings. The molecule has 0 aromatic rings. The Kier molecular flexibility index (Phi) is 22.1. The van der Waals surface area contributed by atoms with Gasteiger partial charge >= 0.3 is 5.97 Å². The summed E-state index contributed by atoms with van der Waals surface area (Å²) < 4.78 is 67.5. The average Bonchev–Trinajstić information content (AvgIpc) is 3.38. The molecule has 436 valence electrons. The van der Waals surface area contributed by atoms with Crippen molar-refractivity contribution in [1.82, 2.24) is 5.32 Å². The predicted molar refractivity (Wildman–Crippen MR) is 226 cm³/mol. The molecule has 0 radical (unpaired) electrons. The fraction of sp³-hybridized carbons (Fsp3) is 0.951. The van der Waals surface area contributed by atoms with Gasteiger partial charge in [0.15, 0.2) is 43.8 Å². The molecule has 0 aromatic heterocycles. The number of rotatable bonds is 19. The smallest absolute Gasteiger partial charge is 0.335 e. The molecule has 6 heterocycles. The normalized spacial score (nSPS) is 49.2. The van der Waals surface area contributed by atoms with Gasteiger partial charge in [-0.2, -0.15) is 0 Å². The molecular weight excluding hydrogens is 1030 g/mol. The van der Waals surface area contributed by atoms with Gasteiger partial charge in [-0.05, 0) is 6.92 Å². The summed E-state index contributed by atoms with van der Waals surface area (Å²) in [6.07, 6.45) is -58.6. The van der Waals surface area contributed by atoms with Crippen molar-refractivity contribution in [3.05, 3.63) is 0 Å². The minimum atomic E-state index is -2.23. The lowest BCUT2D eigenvalue weighted by Gasteiger charge is -2.50. The Morgan fingerprint density at radius 2 is 0.827 bits per heavy atom. The second-order valence-corrected chi connectivity index (χ2v) is 18.6. The monoisotopic (exact) mass is 1100 g/mol. The number of carbonyl (C=O) groups excluding carboxylic acids is 2. The van der Waals surface area contributed by atoms with E-state index in [1.165, 1.54) is 0 Å². The zero-order valence-electron chi connectivity index (χ0n) is 39.9. The van der Waals surface area contributed by atoms with E-state index in [2.05, 4.69) is 5.32 Å². The largest absolute Gasteiger partial charge is 0.455 e. The molecule has 0 spiro atoms. The number of esters is 1. The van der Waals surface area contributed by atoms with Crippen LogP contribution in [0.4, 0.5) is 0 Å². The van der Waals surface area contributed by atoms with Gasteiger partial charge in [0.05, 0.1) is 39.6 Å². The summed E-state index contributed by atoms with van der Waals surface area (Å²) in [5.74, 6) is -2.27. The summed E-state index contributed by atoms with van der Waals surface area (Å²) in [7, 11) is 0. The second kappa shape index (κ2) is 26.8. The first kappa shape index (κ1) is 61.9. The molecule has 6 rings (SSSR count). The highest BCUT2D eigenvalue weighted by Gasteiger charge is 2.58. The summed E-state index contributed by atoms with van der Waals surface area (Å²) in [6, 6.07) is -1.90. The molecule has 20 N–H and O–H groups in total. The number of hydrogen-bond acceptors (Lipinski definition) is 33. The van der Waals surface area contributed by atoms with Crippen molar-refractivity contribution in [2.75, 3.05) is 39.6 Å². The van der Waals surface area contributed by atoms with E-state index in [0.717, 1.165) is 13.8 Å². The van der Waals surface area contributed by atoms with Gasteiger partial charge in [-0.15, -0.1) is 0 Å². The molecule has 0 bridgehead atoms. The van der Waals surface area contributed by atoms with E-state index < -0.39 is 242 Å². The van der Waals surface area contributed by atoms with Gasteiger partial charge in [-0.25, -0.2) is 4.79 Å².